The van der Waals surface area contributed by atoms with Gasteiger partial charge in [-0.2, -0.15) is 0 Å². The Morgan fingerprint density at radius 2 is 2.07 bits per heavy atom. The van der Waals surface area contributed by atoms with Crippen LogP contribution in [0.5, 0.6) is 5.75 Å². The summed E-state index contributed by atoms with van der Waals surface area (Å²) < 4.78 is 5.22. The summed E-state index contributed by atoms with van der Waals surface area (Å²) in [6.45, 7) is 5.70. The van der Waals surface area contributed by atoms with Crippen LogP contribution in [0.2, 0.25) is 0 Å². The second-order valence-electron chi connectivity index (χ2n) is 8.26. The number of likely N-dealkylation sites (tertiary alicyclic amines) is 1. The van der Waals surface area contributed by atoms with E-state index < -0.39 is 0 Å². The highest BCUT2D eigenvalue weighted by Crippen LogP contribution is 2.26. The van der Waals surface area contributed by atoms with Gasteiger partial charge in [0.15, 0.2) is 0 Å². The van der Waals surface area contributed by atoms with Gasteiger partial charge in [-0.25, -0.2) is 4.98 Å². The number of hydrogen-bond donors (Lipinski definition) is 1. The van der Waals surface area contributed by atoms with Gasteiger partial charge in [-0.15, -0.1) is 0 Å². The van der Waals surface area contributed by atoms with Crippen LogP contribution < -0.4 is 10.3 Å². The standard InChI is InChI=1S/C23H30N4O3/c1-3-4-21(28)27-12-9-17(14-27)22-24-20-10-11-26(15-19(20)23(29)25-22)13-16-5-7-18(30-2)8-6-16/h5-8,17H,3-4,9-15H2,1-2H3,(H,24,25,29)/t17-/m0/s1. The van der Waals surface area contributed by atoms with Crippen molar-refractivity contribution in [3.05, 3.63) is 57.3 Å². The van der Waals surface area contributed by atoms with E-state index in [0.717, 1.165) is 61.7 Å². The number of nitrogens with zero attached hydrogens (tertiary/aromatic N) is 3. The van der Waals surface area contributed by atoms with Crippen molar-refractivity contribution in [2.75, 3.05) is 26.7 Å². The molecule has 0 aliphatic carbocycles. The van der Waals surface area contributed by atoms with E-state index >= 15 is 0 Å². The number of aromatic nitrogens is 2. The van der Waals surface area contributed by atoms with Crippen molar-refractivity contribution in [2.45, 2.75) is 51.6 Å². The highest BCUT2D eigenvalue weighted by Gasteiger charge is 2.30. The van der Waals surface area contributed by atoms with E-state index in [-0.39, 0.29) is 17.4 Å². The van der Waals surface area contributed by atoms with E-state index in [4.69, 9.17) is 9.72 Å². The number of aromatic amines is 1. The Balaban J connectivity index is 1.44. The van der Waals surface area contributed by atoms with Crippen LogP contribution in [0, 0.1) is 0 Å². The first-order valence-electron chi connectivity index (χ1n) is 10.8. The molecule has 7 nitrogen and oxygen atoms in total. The molecule has 1 N–H and O–H groups in total. The van der Waals surface area contributed by atoms with Crippen LogP contribution in [-0.4, -0.2) is 52.4 Å². The van der Waals surface area contributed by atoms with E-state index in [1.807, 2.05) is 24.0 Å². The Morgan fingerprint density at radius 1 is 1.27 bits per heavy atom. The van der Waals surface area contributed by atoms with Crippen molar-refractivity contribution in [1.82, 2.24) is 19.8 Å². The summed E-state index contributed by atoms with van der Waals surface area (Å²) in [5.41, 5.74) is 2.85. The molecule has 0 radical (unpaired) electrons. The molecule has 0 unspecified atom stereocenters. The van der Waals surface area contributed by atoms with E-state index in [2.05, 4.69) is 22.0 Å². The Morgan fingerprint density at radius 3 is 2.80 bits per heavy atom. The van der Waals surface area contributed by atoms with Crippen LogP contribution in [0.4, 0.5) is 0 Å². The van der Waals surface area contributed by atoms with E-state index in [1.165, 1.54) is 5.56 Å². The number of methoxy groups -OCH3 is 1. The molecular formula is C23H30N4O3. The molecule has 0 bridgehead atoms. The van der Waals surface area contributed by atoms with Crippen molar-refractivity contribution in [3.63, 3.8) is 0 Å². The fraction of sp³-hybridized carbons (Fsp3) is 0.522. The summed E-state index contributed by atoms with van der Waals surface area (Å²) in [6.07, 6.45) is 3.08. The fourth-order valence-corrected chi connectivity index (χ4v) is 4.40. The highest BCUT2D eigenvalue weighted by molar-refractivity contribution is 5.76. The zero-order valence-electron chi connectivity index (χ0n) is 17.8. The molecule has 0 saturated carbocycles. The number of nitrogens with one attached hydrogen (secondary N) is 1. The zero-order valence-corrected chi connectivity index (χ0v) is 17.8. The molecule has 1 amide bonds. The molecule has 30 heavy (non-hydrogen) atoms. The van der Waals surface area contributed by atoms with Gasteiger partial charge in [0.1, 0.15) is 11.6 Å². The van der Waals surface area contributed by atoms with Crippen LogP contribution in [0.15, 0.2) is 29.1 Å². The Hall–Kier alpha value is -2.67. The van der Waals surface area contributed by atoms with Crippen molar-refractivity contribution in [2.24, 2.45) is 0 Å². The molecule has 1 fully saturated rings. The lowest BCUT2D eigenvalue weighted by Crippen LogP contribution is -2.36. The lowest BCUT2D eigenvalue weighted by molar-refractivity contribution is -0.130. The van der Waals surface area contributed by atoms with Gasteiger partial charge in [0, 0.05) is 51.5 Å². The zero-order chi connectivity index (χ0) is 21.1. The van der Waals surface area contributed by atoms with Crippen LogP contribution in [0.1, 0.15) is 54.7 Å². The predicted octanol–water partition coefficient (Wildman–Crippen LogP) is 2.45. The van der Waals surface area contributed by atoms with E-state index in [1.54, 1.807) is 7.11 Å². The third-order valence-electron chi connectivity index (χ3n) is 6.12. The van der Waals surface area contributed by atoms with Crippen molar-refractivity contribution >= 4 is 5.91 Å². The molecule has 1 atom stereocenters. The van der Waals surface area contributed by atoms with Gasteiger partial charge in [0.2, 0.25) is 5.91 Å². The van der Waals surface area contributed by atoms with Gasteiger partial charge in [-0.1, -0.05) is 19.1 Å². The van der Waals surface area contributed by atoms with E-state index in [9.17, 15) is 9.59 Å². The molecule has 160 valence electrons. The smallest absolute Gasteiger partial charge is 0.255 e. The third kappa shape index (κ3) is 4.41. The number of carbonyl (C=O) groups is 1. The Bertz CT molecular complexity index is 954. The summed E-state index contributed by atoms with van der Waals surface area (Å²) in [5, 5.41) is 0. The van der Waals surface area contributed by atoms with E-state index in [0.29, 0.717) is 19.5 Å². The highest BCUT2D eigenvalue weighted by atomic mass is 16.5. The average molecular weight is 411 g/mol. The average Bonchev–Trinajstić information content (AvgIpc) is 3.25. The summed E-state index contributed by atoms with van der Waals surface area (Å²) in [6, 6.07) is 8.05. The second kappa shape index (κ2) is 9.00. The number of H-pyrrole nitrogens is 1. The first kappa shape index (κ1) is 20.6. The van der Waals surface area contributed by atoms with Crippen molar-refractivity contribution < 1.29 is 9.53 Å². The summed E-state index contributed by atoms with van der Waals surface area (Å²) in [7, 11) is 1.66. The molecule has 1 aromatic carbocycles. The minimum absolute atomic E-state index is 0.0345. The number of hydrogen-bond acceptors (Lipinski definition) is 5. The molecule has 3 heterocycles. The molecule has 1 aromatic heterocycles. The molecule has 2 aliphatic rings. The quantitative estimate of drug-likeness (QED) is 0.791. The minimum atomic E-state index is -0.0345. The number of benzene rings is 1. The molecule has 0 spiro atoms. The van der Waals surface area contributed by atoms with Crippen molar-refractivity contribution in [3.8, 4) is 5.75 Å². The van der Waals surface area contributed by atoms with Gasteiger partial charge < -0.3 is 14.6 Å². The monoisotopic (exact) mass is 410 g/mol. The maximum Gasteiger partial charge on any atom is 0.255 e. The molecule has 4 rings (SSSR count). The van der Waals surface area contributed by atoms with Crippen LogP contribution in [-0.2, 0) is 24.3 Å². The Labute approximate surface area is 177 Å². The van der Waals surface area contributed by atoms with Crippen molar-refractivity contribution in [1.29, 1.82) is 0 Å². The van der Waals surface area contributed by atoms with Gasteiger partial charge >= 0.3 is 0 Å². The lowest BCUT2D eigenvalue weighted by atomic mass is 10.0. The molecular weight excluding hydrogens is 380 g/mol. The first-order valence-corrected chi connectivity index (χ1v) is 10.8. The van der Waals surface area contributed by atoms with Gasteiger partial charge in [0.25, 0.3) is 5.56 Å². The summed E-state index contributed by atoms with van der Waals surface area (Å²) in [5.74, 6) is 1.92. The van der Waals surface area contributed by atoms with Gasteiger partial charge in [0.05, 0.1) is 18.4 Å². The predicted molar refractivity (Wildman–Crippen MR) is 115 cm³/mol. The van der Waals surface area contributed by atoms with Crippen LogP contribution >= 0.6 is 0 Å². The number of ether oxygens (including phenoxy) is 1. The van der Waals surface area contributed by atoms with Gasteiger partial charge in [-0.05, 0) is 30.5 Å². The number of amides is 1. The fourth-order valence-electron chi connectivity index (χ4n) is 4.40. The molecule has 2 aromatic rings. The third-order valence-corrected chi connectivity index (χ3v) is 6.12. The topological polar surface area (TPSA) is 78.5 Å². The number of carbonyl (C=O) groups excluding carboxylic acids is 1. The molecule has 1 saturated heterocycles. The maximum atomic E-state index is 12.8. The van der Waals surface area contributed by atoms with Crippen LogP contribution in [0.3, 0.4) is 0 Å². The number of fused-ring (bicyclic) bond motifs is 1. The summed E-state index contributed by atoms with van der Waals surface area (Å²) in [4.78, 5) is 37.0. The SMILES string of the molecule is CCCC(=O)N1CC[C@H](c2nc3c(c(=O)[nH]2)CN(Cc2ccc(OC)cc2)CC3)C1. The first-order chi connectivity index (χ1) is 14.6. The summed E-state index contributed by atoms with van der Waals surface area (Å²) >= 11 is 0. The Kier molecular flexibility index (Phi) is 6.18. The maximum absolute atomic E-state index is 12.8. The second-order valence-corrected chi connectivity index (χ2v) is 8.26. The largest absolute Gasteiger partial charge is 0.497 e. The minimum Gasteiger partial charge on any atom is -0.497 e. The van der Waals surface area contributed by atoms with Crippen LogP contribution in [0.25, 0.3) is 0 Å². The lowest BCUT2D eigenvalue weighted by Gasteiger charge is -2.28. The molecule has 7 heteroatoms. The van der Waals surface area contributed by atoms with Gasteiger partial charge in [-0.3, -0.25) is 14.5 Å². The normalized spacial score (nSPS) is 19.0. The number of rotatable bonds is 6. The molecule has 2 aliphatic heterocycles.